The van der Waals surface area contributed by atoms with Crippen molar-refractivity contribution in [1.82, 2.24) is 4.57 Å². The molecular weight excluding hydrogens is 254 g/mol. The Balaban J connectivity index is 2.56. The first kappa shape index (κ1) is 14.3. The molecule has 2 aromatic rings. The van der Waals surface area contributed by atoms with Gasteiger partial charge in [0.2, 0.25) is 0 Å². The van der Waals surface area contributed by atoms with Crippen LogP contribution in [0.4, 0.5) is 0 Å². The summed E-state index contributed by atoms with van der Waals surface area (Å²) >= 11 is 0. The van der Waals surface area contributed by atoms with Crippen LogP contribution in [0.5, 0.6) is 5.75 Å². The number of aliphatic hydroxyl groups is 1. The summed E-state index contributed by atoms with van der Waals surface area (Å²) < 4.78 is 7.46. The normalized spacial score (nSPS) is 10.6. The van der Waals surface area contributed by atoms with Gasteiger partial charge in [0.25, 0.3) is 0 Å². The van der Waals surface area contributed by atoms with E-state index in [1.54, 1.807) is 12.1 Å². The average Bonchev–Trinajstić information content (AvgIpc) is 2.39. The Morgan fingerprint density at radius 1 is 1.15 bits per heavy atom. The Bertz CT molecular complexity index is 648. The molecule has 20 heavy (non-hydrogen) atoms. The van der Waals surface area contributed by atoms with E-state index >= 15 is 0 Å². The predicted molar refractivity (Wildman–Crippen MR) is 78.6 cm³/mol. The first-order chi connectivity index (χ1) is 9.56. The van der Waals surface area contributed by atoms with E-state index in [4.69, 9.17) is 4.74 Å². The summed E-state index contributed by atoms with van der Waals surface area (Å²) in [7, 11) is 0. The Hall–Kier alpha value is -2.07. The lowest BCUT2D eigenvalue weighted by molar-refractivity contribution is 0.267. The van der Waals surface area contributed by atoms with Crippen LogP contribution in [0.15, 0.2) is 35.1 Å². The number of aromatic nitrogens is 1. The van der Waals surface area contributed by atoms with Crippen molar-refractivity contribution in [3.63, 3.8) is 0 Å². The quantitative estimate of drug-likeness (QED) is 0.930. The van der Waals surface area contributed by atoms with Crippen LogP contribution in [0.25, 0.3) is 5.69 Å². The number of aryl methyl sites for hydroxylation is 2. The van der Waals surface area contributed by atoms with Crippen molar-refractivity contribution in [2.24, 2.45) is 0 Å². The molecule has 0 aliphatic rings. The molecule has 0 unspecified atom stereocenters. The number of rotatable bonds is 4. The fourth-order valence-electron chi connectivity index (χ4n) is 2.39. The van der Waals surface area contributed by atoms with Crippen LogP contribution in [0.2, 0.25) is 0 Å². The minimum Gasteiger partial charge on any atom is -0.494 e. The lowest BCUT2D eigenvalue weighted by atomic mass is 10.1. The Morgan fingerprint density at radius 3 is 2.35 bits per heavy atom. The highest BCUT2D eigenvalue weighted by atomic mass is 16.5. The number of benzene rings is 1. The third-order valence-electron chi connectivity index (χ3n) is 3.18. The van der Waals surface area contributed by atoms with Crippen LogP contribution in [0, 0.1) is 13.8 Å². The Labute approximate surface area is 118 Å². The van der Waals surface area contributed by atoms with E-state index in [1.807, 2.05) is 43.5 Å². The molecule has 2 rings (SSSR count). The van der Waals surface area contributed by atoms with Gasteiger partial charge in [0.05, 0.1) is 13.2 Å². The summed E-state index contributed by atoms with van der Waals surface area (Å²) in [5.41, 5.74) is 3.38. The maximum Gasteiger partial charge on any atom is 0.182 e. The minimum atomic E-state index is -0.0819. The number of hydrogen-bond donors (Lipinski definition) is 1. The zero-order valence-electron chi connectivity index (χ0n) is 12.0. The third-order valence-corrected chi connectivity index (χ3v) is 3.18. The van der Waals surface area contributed by atoms with E-state index in [9.17, 15) is 9.90 Å². The van der Waals surface area contributed by atoms with E-state index < -0.39 is 0 Å². The van der Waals surface area contributed by atoms with Crippen LogP contribution in [0.3, 0.4) is 0 Å². The second-order valence-electron chi connectivity index (χ2n) is 4.69. The van der Waals surface area contributed by atoms with Crippen LogP contribution >= 0.6 is 0 Å². The molecule has 0 atom stereocenters. The summed E-state index contributed by atoms with van der Waals surface area (Å²) in [5.74, 6) is 0.690. The predicted octanol–water partition coefficient (Wildman–Crippen LogP) is 2.35. The zero-order valence-corrected chi connectivity index (χ0v) is 12.0. The molecule has 106 valence electrons. The highest BCUT2D eigenvalue weighted by Crippen LogP contribution is 2.23. The second kappa shape index (κ2) is 5.92. The lowest BCUT2D eigenvalue weighted by Gasteiger charge is -2.16. The van der Waals surface area contributed by atoms with Crippen molar-refractivity contribution < 1.29 is 9.84 Å². The molecular formula is C16H19NO3. The van der Waals surface area contributed by atoms with Crippen molar-refractivity contribution in [2.45, 2.75) is 27.4 Å². The maximum atomic E-state index is 11.5. The standard InChI is InChI=1S/C16H19NO3/c1-4-20-16-6-5-14(9-13(16)10-18)17-11(2)7-15(19)8-12(17)3/h5-9,18H,4,10H2,1-3H3. The van der Waals surface area contributed by atoms with Gasteiger partial charge < -0.3 is 14.4 Å². The summed E-state index contributed by atoms with van der Waals surface area (Å²) in [4.78, 5) is 11.5. The van der Waals surface area contributed by atoms with E-state index in [1.165, 1.54) is 0 Å². The highest BCUT2D eigenvalue weighted by Gasteiger charge is 2.08. The van der Waals surface area contributed by atoms with Crippen LogP contribution in [0.1, 0.15) is 23.9 Å². The summed E-state index contributed by atoms with van der Waals surface area (Å²) in [6, 6.07) is 8.86. The first-order valence-corrected chi connectivity index (χ1v) is 6.64. The molecule has 4 heteroatoms. The van der Waals surface area contributed by atoms with Gasteiger partial charge in [0.1, 0.15) is 5.75 Å². The number of nitrogens with zero attached hydrogens (tertiary/aromatic N) is 1. The maximum absolute atomic E-state index is 11.5. The molecule has 0 aliphatic carbocycles. The SMILES string of the molecule is CCOc1ccc(-n2c(C)cc(=O)cc2C)cc1CO. The summed E-state index contributed by atoms with van der Waals surface area (Å²) in [5, 5.41) is 9.46. The second-order valence-corrected chi connectivity index (χ2v) is 4.69. The van der Waals surface area contributed by atoms with Crippen molar-refractivity contribution in [1.29, 1.82) is 0 Å². The molecule has 0 amide bonds. The largest absolute Gasteiger partial charge is 0.494 e. The molecule has 0 saturated carbocycles. The molecule has 1 heterocycles. The molecule has 0 spiro atoms. The third kappa shape index (κ3) is 2.75. The van der Waals surface area contributed by atoms with Gasteiger partial charge in [-0.3, -0.25) is 4.79 Å². The van der Waals surface area contributed by atoms with Gasteiger partial charge in [0.15, 0.2) is 5.43 Å². The Morgan fingerprint density at radius 2 is 1.80 bits per heavy atom. The fourth-order valence-corrected chi connectivity index (χ4v) is 2.39. The zero-order chi connectivity index (χ0) is 14.7. The first-order valence-electron chi connectivity index (χ1n) is 6.64. The van der Waals surface area contributed by atoms with Crippen LogP contribution < -0.4 is 10.2 Å². The molecule has 1 aromatic carbocycles. The molecule has 0 aliphatic heterocycles. The number of aliphatic hydroxyl groups excluding tert-OH is 1. The van der Waals surface area contributed by atoms with Crippen molar-refractivity contribution in [2.75, 3.05) is 6.61 Å². The van der Waals surface area contributed by atoms with Gasteiger partial charge in [-0.05, 0) is 39.0 Å². The molecule has 0 bridgehead atoms. The van der Waals surface area contributed by atoms with Gasteiger partial charge in [-0.25, -0.2) is 0 Å². The van der Waals surface area contributed by atoms with Gasteiger partial charge in [-0.2, -0.15) is 0 Å². The molecule has 1 aromatic heterocycles. The van der Waals surface area contributed by atoms with Crippen LogP contribution in [-0.4, -0.2) is 16.3 Å². The number of hydrogen-bond acceptors (Lipinski definition) is 3. The lowest BCUT2D eigenvalue weighted by Crippen LogP contribution is -2.11. The smallest absolute Gasteiger partial charge is 0.182 e. The molecule has 0 radical (unpaired) electrons. The number of ether oxygens (including phenoxy) is 1. The van der Waals surface area contributed by atoms with Crippen molar-refractivity contribution >= 4 is 0 Å². The molecule has 4 nitrogen and oxygen atoms in total. The van der Waals surface area contributed by atoms with Gasteiger partial charge >= 0.3 is 0 Å². The molecule has 0 saturated heterocycles. The van der Waals surface area contributed by atoms with E-state index in [-0.39, 0.29) is 12.0 Å². The van der Waals surface area contributed by atoms with Crippen molar-refractivity contribution in [3.05, 3.63) is 57.5 Å². The minimum absolute atomic E-state index is 0.00423. The van der Waals surface area contributed by atoms with E-state index in [0.29, 0.717) is 12.4 Å². The summed E-state index contributed by atoms with van der Waals surface area (Å²) in [6.45, 7) is 6.17. The van der Waals surface area contributed by atoms with Gasteiger partial charge in [0, 0.05) is 34.8 Å². The number of pyridine rings is 1. The summed E-state index contributed by atoms with van der Waals surface area (Å²) in [6.07, 6.45) is 0. The van der Waals surface area contributed by atoms with E-state index in [0.717, 1.165) is 22.6 Å². The Kier molecular flexibility index (Phi) is 4.25. The van der Waals surface area contributed by atoms with Gasteiger partial charge in [-0.15, -0.1) is 0 Å². The molecule has 0 fully saturated rings. The van der Waals surface area contributed by atoms with Crippen molar-refractivity contribution in [3.8, 4) is 11.4 Å². The van der Waals surface area contributed by atoms with Gasteiger partial charge in [-0.1, -0.05) is 0 Å². The molecule has 1 N–H and O–H groups in total. The highest BCUT2D eigenvalue weighted by molar-refractivity contribution is 5.46. The average molecular weight is 273 g/mol. The van der Waals surface area contributed by atoms with E-state index in [2.05, 4.69) is 0 Å². The monoisotopic (exact) mass is 273 g/mol. The fraction of sp³-hybridized carbons (Fsp3) is 0.312. The topological polar surface area (TPSA) is 51.5 Å². The van der Waals surface area contributed by atoms with Crippen LogP contribution in [-0.2, 0) is 6.61 Å².